The van der Waals surface area contributed by atoms with Gasteiger partial charge in [-0.1, -0.05) is 313 Å². The Bertz CT molecular complexity index is 1520. The van der Waals surface area contributed by atoms with Crippen molar-refractivity contribution in [3.8, 4) is 0 Å². The Hall–Kier alpha value is -2.75. The number of esters is 2. The molecule has 9 heteroatoms. The van der Waals surface area contributed by atoms with Crippen LogP contribution in [-0.2, 0) is 33.3 Å². The Kier molecular flexibility index (Phi) is 64.0. The van der Waals surface area contributed by atoms with Crippen LogP contribution in [0.1, 0.15) is 354 Å². The van der Waals surface area contributed by atoms with Crippen LogP contribution in [-0.4, -0.2) is 87.4 Å². The molecule has 9 nitrogen and oxygen atoms in total. The van der Waals surface area contributed by atoms with Gasteiger partial charge in [0, 0.05) is 12.8 Å². The van der Waals surface area contributed by atoms with Crippen LogP contribution in [0.2, 0.25) is 0 Å². The molecule has 0 saturated carbocycles. The molecule has 0 fully saturated rings. The lowest BCUT2D eigenvalue weighted by atomic mass is 10.0. The molecule has 0 saturated heterocycles. The number of ether oxygens (including phenoxy) is 4. The number of hydrogen-bond donors (Lipinski definition) is 1. The highest BCUT2D eigenvalue weighted by Crippen LogP contribution is 2.19. The predicted molar refractivity (Wildman–Crippen MR) is 360 cm³/mol. The molecule has 0 aliphatic heterocycles. The SMILES string of the molecule is CCCCCC/C=C\C/C=C\CCCCCCCCCC(=O)OCC(COC(OCC[N+](C)(C)C)C(=O)O)OC(=O)CCCCCCCCCCCCCCCCCCCCCCCCCCCCCCC/C=C\C/C=C\CCCCCCC. The normalized spacial score (nSPS) is 12.9. The molecule has 0 radical (unpaired) electrons. The van der Waals surface area contributed by atoms with Gasteiger partial charge in [-0.2, -0.15) is 0 Å². The molecule has 0 aliphatic rings. The highest BCUT2D eigenvalue weighted by molar-refractivity contribution is 5.71. The molecule has 0 aromatic carbocycles. The fourth-order valence-electron chi connectivity index (χ4n) is 10.7. The molecule has 0 bridgehead atoms. The van der Waals surface area contributed by atoms with Gasteiger partial charge in [-0.3, -0.25) is 9.59 Å². The average Bonchev–Trinajstić information content (AvgIpc) is 3.54. The van der Waals surface area contributed by atoms with Gasteiger partial charge in [-0.15, -0.1) is 0 Å². The molecule has 0 aromatic rings. The third-order valence-corrected chi connectivity index (χ3v) is 16.3. The summed E-state index contributed by atoms with van der Waals surface area (Å²) in [6.45, 7) is 4.89. The van der Waals surface area contributed by atoms with Crippen molar-refractivity contribution in [3.63, 3.8) is 0 Å². The molecule has 0 rings (SSSR count). The van der Waals surface area contributed by atoms with E-state index < -0.39 is 18.4 Å². The predicted octanol–water partition coefficient (Wildman–Crippen LogP) is 22.5. The zero-order valence-corrected chi connectivity index (χ0v) is 56.3. The molecule has 492 valence electrons. The molecule has 1 N–H and O–H groups in total. The van der Waals surface area contributed by atoms with Crippen molar-refractivity contribution in [2.75, 3.05) is 47.5 Å². The van der Waals surface area contributed by atoms with E-state index in [9.17, 15) is 19.5 Å². The lowest BCUT2D eigenvalue weighted by molar-refractivity contribution is -0.870. The van der Waals surface area contributed by atoms with E-state index in [2.05, 4.69) is 62.5 Å². The maximum atomic E-state index is 12.9. The molecule has 0 aromatic heterocycles. The van der Waals surface area contributed by atoms with Gasteiger partial charge >= 0.3 is 17.9 Å². The van der Waals surface area contributed by atoms with Crippen LogP contribution in [0.25, 0.3) is 0 Å². The summed E-state index contributed by atoms with van der Waals surface area (Å²) in [5, 5.41) is 9.73. The summed E-state index contributed by atoms with van der Waals surface area (Å²) < 4.78 is 23.0. The fourth-order valence-corrected chi connectivity index (χ4v) is 10.7. The Morgan fingerprint density at radius 1 is 0.357 bits per heavy atom. The maximum absolute atomic E-state index is 12.9. The number of aliphatic carboxylic acids is 1. The number of nitrogens with zero attached hydrogens (tertiary/aromatic N) is 1. The van der Waals surface area contributed by atoms with Crippen molar-refractivity contribution in [2.24, 2.45) is 0 Å². The molecule has 2 unspecified atom stereocenters. The van der Waals surface area contributed by atoms with Crippen molar-refractivity contribution in [1.82, 2.24) is 0 Å². The van der Waals surface area contributed by atoms with Crippen LogP contribution >= 0.6 is 0 Å². The number of allylic oxidation sites excluding steroid dienone is 8. The molecule has 0 spiro atoms. The second-order valence-electron chi connectivity index (χ2n) is 25.9. The summed E-state index contributed by atoms with van der Waals surface area (Å²) in [5.41, 5.74) is 0. The summed E-state index contributed by atoms with van der Waals surface area (Å²) >= 11 is 0. The number of hydrogen-bond acceptors (Lipinski definition) is 7. The zero-order valence-electron chi connectivity index (χ0n) is 56.3. The van der Waals surface area contributed by atoms with Crippen LogP contribution < -0.4 is 0 Å². The highest BCUT2D eigenvalue weighted by Gasteiger charge is 2.25. The average molecular weight is 1180 g/mol. The van der Waals surface area contributed by atoms with Gasteiger partial charge in [0.05, 0.1) is 34.4 Å². The Morgan fingerprint density at radius 3 is 0.952 bits per heavy atom. The number of carbonyl (C=O) groups excluding carboxylic acids is 2. The number of likely N-dealkylation sites (N-methyl/N-ethyl adjacent to an activating group) is 1. The first-order valence-electron chi connectivity index (χ1n) is 36.3. The van der Waals surface area contributed by atoms with Crippen LogP contribution in [0.15, 0.2) is 48.6 Å². The first kappa shape index (κ1) is 81.2. The summed E-state index contributed by atoms with van der Waals surface area (Å²) in [6, 6.07) is 0. The minimum atomic E-state index is -1.51. The van der Waals surface area contributed by atoms with Crippen molar-refractivity contribution >= 4 is 17.9 Å². The summed E-state index contributed by atoms with van der Waals surface area (Å²) in [4.78, 5) is 37.6. The number of unbranched alkanes of at least 4 members (excludes halogenated alkanes) is 45. The number of carboxylic acid groups (broad SMARTS) is 1. The van der Waals surface area contributed by atoms with Crippen LogP contribution in [0.5, 0.6) is 0 Å². The molecular weight excluding hydrogens is 1040 g/mol. The van der Waals surface area contributed by atoms with E-state index in [-0.39, 0.29) is 38.2 Å². The van der Waals surface area contributed by atoms with Gasteiger partial charge in [0.15, 0.2) is 6.10 Å². The zero-order chi connectivity index (χ0) is 61.2. The van der Waals surface area contributed by atoms with Crippen molar-refractivity contribution in [3.05, 3.63) is 48.6 Å². The molecule has 0 amide bonds. The number of rotatable bonds is 68. The molecular formula is C75H140NO8+. The molecule has 84 heavy (non-hydrogen) atoms. The largest absolute Gasteiger partial charge is 0.477 e. The third-order valence-electron chi connectivity index (χ3n) is 16.3. The summed E-state index contributed by atoms with van der Waals surface area (Å²) in [6.07, 6.45) is 82.5. The van der Waals surface area contributed by atoms with E-state index in [1.165, 1.54) is 263 Å². The van der Waals surface area contributed by atoms with Gasteiger partial charge in [-0.05, 0) is 77.0 Å². The first-order chi connectivity index (χ1) is 41.1. The Morgan fingerprint density at radius 2 is 0.643 bits per heavy atom. The van der Waals surface area contributed by atoms with E-state index in [0.717, 1.165) is 64.2 Å². The second kappa shape index (κ2) is 66.2. The van der Waals surface area contributed by atoms with Gasteiger partial charge in [0.1, 0.15) is 13.2 Å². The van der Waals surface area contributed by atoms with Gasteiger partial charge < -0.3 is 28.5 Å². The van der Waals surface area contributed by atoms with Crippen LogP contribution in [0, 0.1) is 0 Å². The van der Waals surface area contributed by atoms with Gasteiger partial charge in [-0.25, -0.2) is 4.79 Å². The van der Waals surface area contributed by atoms with Crippen molar-refractivity contribution in [2.45, 2.75) is 367 Å². The van der Waals surface area contributed by atoms with Crippen LogP contribution in [0.3, 0.4) is 0 Å². The quantitative estimate of drug-likeness (QED) is 0.0211. The minimum Gasteiger partial charge on any atom is -0.477 e. The summed E-state index contributed by atoms with van der Waals surface area (Å²) in [5.74, 6) is -1.99. The Labute approximate surface area is 521 Å². The number of carbonyl (C=O) groups is 3. The van der Waals surface area contributed by atoms with E-state index in [1.54, 1.807) is 0 Å². The van der Waals surface area contributed by atoms with Gasteiger partial charge in [0.25, 0.3) is 6.29 Å². The third kappa shape index (κ3) is 66.8. The van der Waals surface area contributed by atoms with Crippen LogP contribution in [0.4, 0.5) is 0 Å². The van der Waals surface area contributed by atoms with Crippen molar-refractivity contribution < 1.29 is 42.9 Å². The Balaban J connectivity index is 3.93. The molecule has 2 atom stereocenters. The van der Waals surface area contributed by atoms with Gasteiger partial charge in [0.2, 0.25) is 0 Å². The molecule has 0 heterocycles. The molecule has 0 aliphatic carbocycles. The van der Waals surface area contributed by atoms with E-state index in [0.29, 0.717) is 17.4 Å². The summed E-state index contributed by atoms with van der Waals surface area (Å²) in [7, 11) is 5.98. The number of carboxylic acids is 1. The van der Waals surface area contributed by atoms with E-state index in [4.69, 9.17) is 18.9 Å². The lowest BCUT2D eigenvalue weighted by Crippen LogP contribution is -2.40. The van der Waals surface area contributed by atoms with E-state index >= 15 is 0 Å². The second-order valence-corrected chi connectivity index (χ2v) is 25.9. The standard InChI is InChI=1S/C75H139NO8/c1-6-8-10-12-14-16-18-20-22-24-26-27-28-29-30-31-32-33-34-35-36-37-38-39-40-41-42-43-44-45-46-47-48-50-52-54-56-58-60-62-64-66-73(78)84-71(70-83-75(74(79)80)81-68-67-76(3,4)5)69-82-72(77)65-63-61-59-57-55-53-51-49-25-23-21-19-17-15-13-11-9-7-2/h17-20,23-26,71,75H,6-16,21-22,27-70H2,1-5H3/p+1/b19-17-,20-18-,25-23-,26-24-. The fraction of sp³-hybridized carbons (Fsp3) is 0.853. The topological polar surface area (TPSA) is 108 Å². The smallest absolute Gasteiger partial charge is 0.361 e. The lowest BCUT2D eigenvalue weighted by Gasteiger charge is -2.25. The number of quaternary nitrogens is 1. The maximum Gasteiger partial charge on any atom is 0.361 e. The highest BCUT2D eigenvalue weighted by atomic mass is 16.7. The first-order valence-corrected chi connectivity index (χ1v) is 36.3. The van der Waals surface area contributed by atoms with Crippen molar-refractivity contribution in [1.29, 1.82) is 0 Å². The minimum absolute atomic E-state index is 0.183. The monoisotopic (exact) mass is 1180 g/mol. The van der Waals surface area contributed by atoms with E-state index in [1.807, 2.05) is 21.1 Å².